The number of nitrogens with zero attached hydrogens (tertiary/aromatic N) is 1. The van der Waals surface area contributed by atoms with Gasteiger partial charge < -0.3 is 10.4 Å². The molecule has 1 aromatic heterocycles. The molecule has 1 rings (SSSR count). The fraction of sp³-hybridized carbons (Fsp3) is 0.462. The van der Waals surface area contributed by atoms with Crippen LogP contribution in [0.5, 0.6) is 0 Å². The molecule has 0 aliphatic rings. The molecule has 0 radical (unpaired) electrons. The molecule has 2 N–H and O–H groups in total. The first kappa shape index (κ1) is 14.2. The molecule has 0 saturated carbocycles. The van der Waals surface area contributed by atoms with E-state index in [9.17, 15) is 9.59 Å². The van der Waals surface area contributed by atoms with E-state index in [0.29, 0.717) is 25.8 Å². The largest absolute Gasteiger partial charge is 0.481 e. The van der Waals surface area contributed by atoms with E-state index in [2.05, 4.69) is 10.3 Å². The zero-order valence-electron chi connectivity index (χ0n) is 10.4. The molecule has 1 amide bonds. The van der Waals surface area contributed by atoms with Gasteiger partial charge in [0.2, 0.25) is 5.91 Å². The van der Waals surface area contributed by atoms with Crippen LogP contribution >= 0.6 is 0 Å². The fourth-order valence-electron chi connectivity index (χ4n) is 1.51. The van der Waals surface area contributed by atoms with Gasteiger partial charge in [-0.05, 0) is 24.5 Å². The normalized spacial score (nSPS) is 11.8. The summed E-state index contributed by atoms with van der Waals surface area (Å²) in [6.45, 7) is 2.18. The number of carbonyl (C=O) groups is 2. The van der Waals surface area contributed by atoms with Gasteiger partial charge in [-0.2, -0.15) is 0 Å². The maximum atomic E-state index is 11.5. The van der Waals surface area contributed by atoms with E-state index in [0.717, 1.165) is 5.56 Å². The van der Waals surface area contributed by atoms with Crippen molar-refractivity contribution in [2.24, 2.45) is 5.92 Å². The number of amides is 1. The molecule has 1 unspecified atom stereocenters. The Morgan fingerprint density at radius 2 is 2.28 bits per heavy atom. The Morgan fingerprint density at radius 1 is 1.50 bits per heavy atom. The third kappa shape index (κ3) is 5.43. The maximum absolute atomic E-state index is 11.5. The lowest BCUT2D eigenvalue weighted by Gasteiger charge is -2.07. The monoisotopic (exact) mass is 250 g/mol. The summed E-state index contributed by atoms with van der Waals surface area (Å²) in [5, 5.41) is 11.5. The summed E-state index contributed by atoms with van der Waals surface area (Å²) in [4.78, 5) is 26.0. The molecule has 0 aromatic carbocycles. The zero-order chi connectivity index (χ0) is 13.4. The second-order valence-corrected chi connectivity index (χ2v) is 4.27. The van der Waals surface area contributed by atoms with Crippen molar-refractivity contribution >= 4 is 11.9 Å². The van der Waals surface area contributed by atoms with E-state index in [1.54, 1.807) is 25.4 Å². The molecule has 0 bridgehead atoms. The van der Waals surface area contributed by atoms with Crippen LogP contribution in [0.3, 0.4) is 0 Å². The molecule has 98 valence electrons. The Kier molecular flexibility index (Phi) is 5.84. The highest BCUT2D eigenvalue weighted by atomic mass is 16.4. The van der Waals surface area contributed by atoms with Crippen molar-refractivity contribution in [2.75, 3.05) is 6.54 Å². The minimum Gasteiger partial charge on any atom is -0.481 e. The van der Waals surface area contributed by atoms with Crippen molar-refractivity contribution in [1.82, 2.24) is 10.3 Å². The zero-order valence-corrected chi connectivity index (χ0v) is 10.4. The predicted molar refractivity (Wildman–Crippen MR) is 67.0 cm³/mol. The van der Waals surface area contributed by atoms with Gasteiger partial charge >= 0.3 is 5.97 Å². The minimum atomic E-state index is -0.795. The number of aromatic nitrogens is 1. The van der Waals surface area contributed by atoms with Crippen LogP contribution < -0.4 is 5.32 Å². The van der Waals surface area contributed by atoms with E-state index in [4.69, 9.17) is 5.11 Å². The SMILES string of the molecule is CC(CCCNC(=O)Cc1cccnc1)C(=O)O. The molecule has 5 heteroatoms. The van der Waals surface area contributed by atoms with Crippen molar-refractivity contribution in [1.29, 1.82) is 0 Å². The van der Waals surface area contributed by atoms with Crippen LogP contribution in [0.15, 0.2) is 24.5 Å². The molecule has 0 saturated heterocycles. The van der Waals surface area contributed by atoms with Gasteiger partial charge in [0.05, 0.1) is 12.3 Å². The maximum Gasteiger partial charge on any atom is 0.306 e. The van der Waals surface area contributed by atoms with Crippen LogP contribution in [-0.2, 0) is 16.0 Å². The van der Waals surface area contributed by atoms with Gasteiger partial charge in [0, 0.05) is 18.9 Å². The highest BCUT2D eigenvalue weighted by Crippen LogP contribution is 2.04. The Morgan fingerprint density at radius 3 is 2.89 bits per heavy atom. The minimum absolute atomic E-state index is 0.0639. The van der Waals surface area contributed by atoms with Crippen LogP contribution in [0.4, 0.5) is 0 Å². The van der Waals surface area contributed by atoms with Crippen molar-refractivity contribution < 1.29 is 14.7 Å². The molecule has 0 spiro atoms. The summed E-state index contributed by atoms with van der Waals surface area (Å²) < 4.78 is 0. The molecule has 1 atom stereocenters. The van der Waals surface area contributed by atoms with Crippen molar-refractivity contribution in [3.63, 3.8) is 0 Å². The molecule has 5 nitrogen and oxygen atoms in total. The summed E-state index contributed by atoms with van der Waals surface area (Å²) in [5.74, 6) is -1.22. The molecule has 1 heterocycles. The molecular weight excluding hydrogens is 232 g/mol. The number of nitrogens with one attached hydrogen (secondary N) is 1. The lowest BCUT2D eigenvalue weighted by atomic mass is 10.1. The van der Waals surface area contributed by atoms with Gasteiger partial charge in [0.15, 0.2) is 0 Å². The third-order valence-corrected chi connectivity index (χ3v) is 2.65. The summed E-state index contributed by atoms with van der Waals surface area (Å²) in [7, 11) is 0. The number of rotatable bonds is 7. The number of pyridine rings is 1. The van der Waals surface area contributed by atoms with Crippen molar-refractivity contribution in [3.05, 3.63) is 30.1 Å². The van der Waals surface area contributed by atoms with Gasteiger partial charge in [0.25, 0.3) is 0 Å². The van der Waals surface area contributed by atoms with Gasteiger partial charge in [-0.25, -0.2) is 0 Å². The predicted octanol–water partition coefficient (Wildman–Crippen LogP) is 1.24. The van der Waals surface area contributed by atoms with Crippen LogP contribution in [-0.4, -0.2) is 28.5 Å². The van der Waals surface area contributed by atoms with E-state index in [1.165, 1.54) is 0 Å². The van der Waals surface area contributed by atoms with Crippen LogP contribution in [0.25, 0.3) is 0 Å². The average molecular weight is 250 g/mol. The fourth-order valence-corrected chi connectivity index (χ4v) is 1.51. The number of aliphatic carboxylic acids is 1. The second kappa shape index (κ2) is 7.42. The van der Waals surface area contributed by atoms with Gasteiger partial charge in [-0.3, -0.25) is 14.6 Å². The summed E-state index contributed by atoms with van der Waals surface area (Å²) in [5.41, 5.74) is 0.869. The quantitative estimate of drug-likeness (QED) is 0.714. The van der Waals surface area contributed by atoms with Crippen LogP contribution in [0, 0.1) is 5.92 Å². The third-order valence-electron chi connectivity index (χ3n) is 2.65. The highest BCUT2D eigenvalue weighted by molar-refractivity contribution is 5.78. The van der Waals surface area contributed by atoms with E-state index >= 15 is 0 Å². The Labute approximate surface area is 106 Å². The molecular formula is C13H18N2O3. The standard InChI is InChI=1S/C13H18N2O3/c1-10(13(17)18)4-2-7-15-12(16)8-11-5-3-6-14-9-11/h3,5-6,9-10H,2,4,7-8H2,1H3,(H,15,16)(H,17,18). The van der Waals surface area contributed by atoms with Gasteiger partial charge in [-0.15, -0.1) is 0 Å². The lowest BCUT2D eigenvalue weighted by Crippen LogP contribution is -2.26. The van der Waals surface area contributed by atoms with E-state index in [1.807, 2.05) is 6.07 Å². The van der Waals surface area contributed by atoms with E-state index < -0.39 is 5.97 Å². The number of hydrogen-bond donors (Lipinski definition) is 2. The van der Waals surface area contributed by atoms with E-state index in [-0.39, 0.29) is 11.8 Å². The summed E-state index contributed by atoms with van der Waals surface area (Å²) >= 11 is 0. The average Bonchev–Trinajstić information content (AvgIpc) is 2.35. The van der Waals surface area contributed by atoms with Crippen molar-refractivity contribution in [3.8, 4) is 0 Å². The topological polar surface area (TPSA) is 79.3 Å². The molecule has 18 heavy (non-hydrogen) atoms. The number of carboxylic acid groups (broad SMARTS) is 1. The molecule has 0 aliphatic heterocycles. The van der Waals surface area contributed by atoms with Crippen LogP contribution in [0.1, 0.15) is 25.3 Å². The summed E-state index contributed by atoms with van der Waals surface area (Å²) in [6.07, 6.45) is 4.87. The van der Waals surface area contributed by atoms with Gasteiger partial charge in [0.1, 0.15) is 0 Å². The molecule has 0 aliphatic carbocycles. The second-order valence-electron chi connectivity index (χ2n) is 4.27. The number of hydrogen-bond acceptors (Lipinski definition) is 3. The summed E-state index contributed by atoms with van der Waals surface area (Å²) in [6, 6.07) is 3.64. The number of carbonyl (C=O) groups excluding carboxylic acids is 1. The van der Waals surface area contributed by atoms with Crippen molar-refractivity contribution in [2.45, 2.75) is 26.2 Å². The first-order valence-electron chi connectivity index (χ1n) is 5.98. The first-order chi connectivity index (χ1) is 8.59. The molecule has 1 aromatic rings. The lowest BCUT2D eigenvalue weighted by molar-refractivity contribution is -0.141. The number of carboxylic acids is 1. The highest BCUT2D eigenvalue weighted by Gasteiger charge is 2.10. The first-order valence-corrected chi connectivity index (χ1v) is 5.98. The Bertz CT molecular complexity index is 392. The Hall–Kier alpha value is -1.91. The van der Waals surface area contributed by atoms with Gasteiger partial charge in [-0.1, -0.05) is 13.0 Å². The molecule has 0 fully saturated rings. The smallest absolute Gasteiger partial charge is 0.306 e. The van der Waals surface area contributed by atoms with Crippen LogP contribution in [0.2, 0.25) is 0 Å². The Balaban J connectivity index is 2.16.